The molecule has 27 heavy (non-hydrogen) atoms. The maximum atomic E-state index is 12.9. The molecule has 148 valence electrons. The maximum absolute atomic E-state index is 12.9. The van der Waals surface area contributed by atoms with E-state index in [1.807, 2.05) is 6.07 Å². The highest BCUT2D eigenvalue weighted by molar-refractivity contribution is 7.89. The van der Waals surface area contributed by atoms with E-state index >= 15 is 0 Å². The van der Waals surface area contributed by atoms with Crippen LogP contribution >= 0.6 is 0 Å². The molecule has 0 saturated carbocycles. The number of benzene rings is 1. The Kier molecular flexibility index (Phi) is 4.81. The molecule has 1 aromatic rings. The molecule has 3 saturated heterocycles. The van der Waals surface area contributed by atoms with Crippen LogP contribution in [0.5, 0.6) is 0 Å². The summed E-state index contributed by atoms with van der Waals surface area (Å²) in [7, 11) is -3.46. The number of nitrogens with zero attached hydrogens (tertiary/aromatic N) is 2. The predicted molar refractivity (Wildman–Crippen MR) is 104 cm³/mol. The van der Waals surface area contributed by atoms with Gasteiger partial charge in [-0.1, -0.05) is 32.0 Å². The van der Waals surface area contributed by atoms with E-state index in [9.17, 15) is 13.2 Å². The number of hydrogen-bond acceptors (Lipinski definition) is 4. The van der Waals surface area contributed by atoms with Crippen molar-refractivity contribution in [1.82, 2.24) is 14.5 Å². The zero-order valence-corrected chi connectivity index (χ0v) is 16.9. The largest absolute Gasteiger partial charge is 0.350 e. The van der Waals surface area contributed by atoms with Crippen LogP contribution < -0.4 is 5.32 Å². The molecule has 0 radical (unpaired) electrons. The van der Waals surface area contributed by atoms with Crippen molar-refractivity contribution in [2.45, 2.75) is 37.1 Å². The lowest BCUT2D eigenvalue weighted by Crippen LogP contribution is -2.56. The van der Waals surface area contributed by atoms with E-state index in [-0.39, 0.29) is 17.4 Å². The Morgan fingerprint density at radius 3 is 2.44 bits per heavy atom. The fourth-order valence-corrected chi connectivity index (χ4v) is 6.63. The normalized spacial score (nSPS) is 28.6. The van der Waals surface area contributed by atoms with Crippen LogP contribution in [0.3, 0.4) is 0 Å². The molecular formula is C20H29N3O3S. The van der Waals surface area contributed by atoms with E-state index in [1.54, 1.807) is 28.6 Å². The van der Waals surface area contributed by atoms with Crippen molar-refractivity contribution in [3.05, 3.63) is 30.3 Å². The number of nitrogens with one attached hydrogen (secondary N) is 1. The first kappa shape index (κ1) is 18.9. The molecule has 3 aliphatic heterocycles. The number of likely N-dealkylation sites (tertiary alicyclic amines) is 1. The van der Waals surface area contributed by atoms with Gasteiger partial charge in [-0.2, -0.15) is 4.31 Å². The van der Waals surface area contributed by atoms with Crippen molar-refractivity contribution in [3.63, 3.8) is 0 Å². The Balaban J connectivity index is 1.48. The first-order chi connectivity index (χ1) is 12.8. The van der Waals surface area contributed by atoms with E-state index in [1.165, 1.54) is 0 Å². The van der Waals surface area contributed by atoms with Gasteiger partial charge in [0.15, 0.2) is 0 Å². The lowest BCUT2D eigenvalue weighted by atomic mass is 9.76. The second-order valence-corrected chi connectivity index (χ2v) is 10.6. The summed E-state index contributed by atoms with van der Waals surface area (Å²) in [5, 5.41) is 3.27. The van der Waals surface area contributed by atoms with Crippen LogP contribution in [-0.4, -0.2) is 61.8 Å². The summed E-state index contributed by atoms with van der Waals surface area (Å²) < 4.78 is 27.3. The fraction of sp³-hybridized carbons (Fsp3) is 0.650. The van der Waals surface area contributed by atoms with Crippen molar-refractivity contribution in [1.29, 1.82) is 0 Å². The fourth-order valence-electron chi connectivity index (χ4n) is 5.17. The number of sulfonamides is 1. The average Bonchev–Trinajstić information content (AvgIpc) is 3.16. The van der Waals surface area contributed by atoms with Gasteiger partial charge in [-0.25, -0.2) is 8.42 Å². The van der Waals surface area contributed by atoms with Crippen LogP contribution in [0.15, 0.2) is 35.2 Å². The lowest BCUT2D eigenvalue weighted by Gasteiger charge is -2.42. The van der Waals surface area contributed by atoms with Gasteiger partial charge < -0.3 is 10.2 Å². The molecule has 3 fully saturated rings. The predicted octanol–water partition coefficient (Wildman–Crippen LogP) is 1.54. The van der Waals surface area contributed by atoms with Gasteiger partial charge in [0, 0.05) is 44.2 Å². The molecular weight excluding hydrogens is 362 g/mol. The van der Waals surface area contributed by atoms with Gasteiger partial charge in [-0.3, -0.25) is 4.79 Å². The quantitative estimate of drug-likeness (QED) is 0.845. The molecule has 4 rings (SSSR count). The second kappa shape index (κ2) is 6.87. The molecule has 6 nitrogen and oxygen atoms in total. The number of carbonyl (C=O) groups excluding carboxylic acids is 1. The Bertz CT molecular complexity index is 801. The van der Waals surface area contributed by atoms with Crippen LogP contribution in [0.4, 0.5) is 0 Å². The minimum atomic E-state index is -3.46. The highest BCUT2D eigenvalue weighted by atomic mass is 32.2. The summed E-state index contributed by atoms with van der Waals surface area (Å²) in [4.78, 5) is 15.3. The zero-order valence-electron chi connectivity index (χ0n) is 16.1. The average molecular weight is 392 g/mol. The van der Waals surface area contributed by atoms with E-state index in [0.29, 0.717) is 42.7 Å². The monoisotopic (exact) mass is 391 g/mol. The number of hydrogen-bond donors (Lipinski definition) is 1. The Labute approximate surface area is 162 Å². The van der Waals surface area contributed by atoms with Crippen LogP contribution in [0.25, 0.3) is 0 Å². The number of rotatable bonds is 4. The number of piperidine rings is 1. The van der Waals surface area contributed by atoms with E-state index in [2.05, 4.69) is 24.1 Å². The molecule has 7 heteroatoms. The third-order valence-electron chi connectivity index (χ3n) is 6.43. The molecule has 1 aromatic carbocycles. The highest BCUT2D eigenvalue weighted by Gasteiger charge is 2.57. The molecule has 1 spiro atoms. The van der Waals surface area contributed by atoms with Gasteiger partial charge in [-0.05, 0) is 30.9 Å². The molecule has 0 aliphatic carbocycles. The third-order valence-corrected chi connectivity index (χ3v) is 8.35. The minimum Gasteiger partial charge on any atom is -0.350 e. The van der Waals surface area contributed by atoms with Gasteiger partial charge in [0.05, 0.1) is 10.8 Å². The summed E-state index contributed by atoms with van der Waals surface area (Å²) in [5.41, 5.74) is -0.240. The van der Waals surface area contributed by atoms with Crippen molar-refractivity contribution < 1.29 is 13.2 Å². The molecule has 2 atom stereocenters. The van der Waals surface area contributed by atoms with Gasteiger partial charge in [0.25, 0.3) is 0 Å². The number of carbonyl (C=O) groups is 1. The van der Waals surface area contributed by atoms with Crippen molar-refractivity contribution in [2.24, 2.45) is 17.8 Å². The van der Waals surface area contributed by atoms with Crippen molar-refractivity contribution >= 4 is 15.9 Å². The van der Waals surface area contributed by atoms with Gasteiger partial charge in [-0.15, -0.1) is 0 Å². The summed E-state index contributed by atoms with van der Waals surface area (Å²) in [5.74, 6) is 1.10. The first-order valence-electron chi connectivity index (χ1n) is 9.91. The standard InChI is InChI=1S/C20H29N3O3S/c1-15(2)12-22-13-17-18(14-22)20(21-19(17)24)8-10-23(11-9-20)27(25,26)16-6-4-3-5-7-16/h3-7,15,17-18H,8-14H2,1-2H3,(H,21,24)/t17-,18+/m1/s1. The Hall–Kier alpha value is -1.44. The highest BCUT2D eigenvalue weighted by Crippen LogP contribution is 2.44. The van der Waals surface area contributed by atoms with Crippen LogP contribution in [-0.2, 0) is 14.8 Å². The maximum Gasteiger partial charge on any atom is 0.243 e. The summed E-state index contributed by atoms with van der Waals surface area (Å²) >= 11 is 0. The second-order valence-electron chi connectivity index (χ2n) is 8.69. The molecule has 3 heterocycles. The summed E-state index contributed by atoms with van der Waals surface area (Å²) in [6.07, 6.45) is 1.39. The van der Waals surface area contributed by atoms with Gasteiger partial charge in [0.1, 0.15) is 0 Å². The van der Waals surface area contributed by atoms with Gasteiger partial charge in [0.2, 0.25) is 15.9 Å². The van der Waals surface area contributed by atoms with E-state index < -0.39 is 10.0 Å². The summed E-state index contributed by atoms with van der Waals surface area (Å²) in [6.45, 7) is 8.13. The van der Waals surface area contributed by atoms with E-state index in [0.717, 1.165) is 19.6 Å². The van der Waals surface area contributed by atoms with Gasteiger partial charge >= 0.3 is 0 Å². The zero-order chi connectivity index (χ0) is 19.2. The third kappa shape index (κ3) is 3.30. The molecule has 1 amide bonds. The lowest BCUT2D eigenvalue weighted by molar-refractivity contribution is -0.123. The van der Waals surface area contributed by atoms with Crippen molar-refractivity contribution in [3.8, 4) is 0 Å². The molecule has 0 bridgehead atoms. The Morgan fingerprint density at radius 1 is 1.15 bits per heavy atom. The van der Waals surface area contributed by atoms with E-state index in [4.69, 9.17) is 0 Å². The molecule has 0 aromatic heterocycles. The molecule has 1 N–H and O–H groups in total. The molecule has 3 aliphatic rings. The van der Waals surface area contributed by atoms with Crippen LogP contribution in [0.2, 0.25) is 0 Å². The first-order valence-corrected chi connectivity index (χ1v) is 11.4. The number of amides is 1. The Morgan fingerprint density at radius 2 is 1.81 bits per heavy atom. The minimum absolute atomic E-state index is 0.0565. The van der Waals surface area contributed by atoms with Crippen LogP contribution in [0, 0.1) is 17.8 Å². The van der Waals surface area contributed by atoms with Crippen molar-refractivity contribution in [2.75, 3.05) is 32.7 Å². The smallest absolute Gasteiger partial charge is 0.243 e. The summed E-state index contributed by atoms with van der Waals surface area (Å²) in [6, 6.07) is 8.62. The number of fused-ring (bicyclic) bond motifs is 2. The topological polar surface area (TPSA) is 69.7 Å². The van der Waals surface area contributed by atoms with Crippen LogP contribution in [0.1, 0.15) is 26.7 Å². The SMILES string of the molecule is CC(C)CN1C[C@H]2C(=O)NC3(CCN(S(=O)(=O)c4ccccc4)CC3)[C@H]2C1. The molecule has 0 unspecified atom stereocenters.